The third-order valence-corrected chi connectivity index (χ3v) is 7.12. The number of aromatic nitrogens is 2. The summed E-state index contributed by atoms with van der Waals surface area (Å²) in [6, 6.07) is 14.8. The average molecular weight is 428 g/mol. The molecule has 0 aliphatic heterocycles. The number of H-pyrrole nitrogens is 1. The standard InChI is InChI=1S/C22H15F3N2O2S/c23-17-9-5-15(6-10-17)22(16-7-11-18(24)12-8-16,19-3-1-2-4-20(19)25)30(28,29)21-26-13-14-27-21/h1-14H,(H,26,27). The van der Waals surface area contributed by atoms with Gasteiger partial charge in [-0.25, -0.2) is 26.6 Å². The number of hydrogen-bond acceptors (Lipinski definition) is 3. The number of sulfone groups is 1. The van der Waals surface area contributed by atoms with Crippen molar-refractivity contribution in [1.82, 2.24) is 9.97 Å². The molecule has 0 aliphatic carbocycles. The highest BCUT2D eigenvalue weighted by Crippen LogP contribution is 2.47. The van der Waals surface area contributed by atoms with Gasteiger partial charge >= 0.3 is 0 Å². The van der Waals surface area contributed by atoms with E-state index in [1.807, 2.05) is 0 Å². The van der Waals surface area contributed by atoms with Crippen LogP contribution in [-0.4, -0.2) is 18.4 Å². The molecule has 1 N–H and O–H groups in total. The maximum atomic E-state index is 15.1. The normalized spacial score (nSPS) is 12.1. The summed E-state index contributed by atoms with van der Waals surface area (Å²) in [5.74, 6) is -1.97. The van der Waals surface area contributed by atoms with Crippen LogP contribution in [0.1, 0.15) is 16.7 Å². The summed E-state index contributed by atoms with van der Waals surface area (Å²) in [5, 5.41) is -0.403. The van der Waals surface area contributed by atoms with Crippen molar-refractivity contribution in [1.29, 1.82) is 0 Å². The molecule has 3 aromatic carbocycles. The molecule has 1 heterocycles. The topological polar surface area (TPSA) is 62.8 Å². The van der Waals surface area contributed by atoms with E-state index in [-0.39, 0.29) is 16.7 Å². The van der Waals surface area contributed by atoms with Crippen LogP contribution in [0.2, 0.25) is 0 Å². The second-order valence-corrected chi connectivity index (χ2v) is 8.58. The Labute approximate surface area is 171 Å². The maximum absolute atomic E-state index is 15.1. The summed E-state index contributed by atoms with van der Waals surface area (Å²) in [5.41, 5.74) is -0.0337. The van der Waals surface area contributed by atoms with E-state index in [1.165, 1.54) is 54.9 Å². The molecule has 0 atom stereocenters. The van der Waals surface area contributed by atoms with Crippen LogP contribution in [0.4, 0.5) is 13.2 Å². The highest BCUT2D eigenvalue weighted by atomic mass is 32.2. The molecule has 1 aromatic heterocycles. The van der Waals surface area contributed by atoms with E-state index in [4.69, 9.17) is 0 Å². The van der Waals surface area contributed by atoms with Crippen LogP contribution in [-0.2, 0) is 14.6 Å². The monoisotopic (exact) mass is 428 g/mol. The fraction of sp³-hybridized carbons (Fsp3) is 0.0455. The lowest BCUT2D eigenvalue weighted by Gasteiger charge is -2.34. The van der Waals surface area contributed by atoms with Crippen LogP contribution in [0.15, 0.2) is 90.3 Å². The van der Waals surface area contributed by atoms with Gasteiger partial charge in [-0.05, 0) is 41.5 Å². The molecular formula is C22H15F3N2O2S. The Kier molecular flexibility index (Phi) is 4.95. The molecule has 4 aromatic rings. The highest BCUT2D eigenvalue weighted by Gasteiger charge is 2.52. The van der Waals surface area contributed by atoms with Gasteiger partial charge in [-0.3, -0.25) is 0 Å². The maximum Gasteiger partial charge on any atom is 0.229 e. The fourth-order valence-electron chi connectivity index (χ4n) is 3.59. The minimum absolute atomic E-state index is 0.0806. The van der Waals surface area contributed by atoms with Gasteiger partial charge in [0.15, 0.2) is 4.75 Å². The second kappa shape index (κ2) is 7.46. The van der Waals surface area contributed by atoms with Gasteiger partial charge in [-0.15, -0.1) is 0 Å². The van der Waals surface area contributed by atoms with Gasteiger partial charge in [0, 0.05) is 18.0 Å². The van der Waals surface area contributed by atoms with Gasteiger partial charge in [0.05, 0.1) is 0 Å². The van der Waals surface area contributed by atoms with Gasteiger partial charge in [-0.2, -0.15) is 0 Å². The summed E-state index contributed by atoms with van der Waals surface area (Å²) < 4.78 is 68.4. The van der Waals surface area contributed by atoms with Crippen molar-refractivity contribution < 1.29 is 21.6 Å². The Morgan fingerprint density at radius 1 is 0.767 bits per heavy atom. The molecule has 0 amide bonds. The first kappa shape index (κ1) is 19.9. The lowest BCUT2D eigenvalue weighted by Crippen LogP contribution is -2.40. The average Bonchev–Trinajstić information content (AvgIpc) is 3.28. The Morgan fingerprint density at radius 3 is 1.77 bits per heavy atom. The van der Waals surface area contributed by atoms with Gasteiger partial charge in [0.2, 0.25) is 15.0 Å². The number of imidazole rings is 1. The van der Waals surface area contributed by atoms with Crippen molar-refractivity contribution in [3.05, 3.63) is 119 Å². The number of aromatic amines is 1. The molecule has 152 valence electrons. The quantitative estimate of drug-likeness (QED) is 0.473. The second-order valence-electron chi connectivity index (χ2n) is 6.57. The fourth-order valence-corrected chi connectivity index (χ4v) is 5.65. The number of nitrogens with one attached hydrogen (secondary N) is 1. The molecule has 4 rings (SSSR count). The molecule has 0 fully saturated rings. The zero-order valence-corrected chi connectivity index (χ0v) is 16.2. The third-order valence-electron chi connectivity index (χ3n) is 4.89. The van der Waals surface area contributed by atoms with Crippen LogP contribution in [0.25, 0.3) is 0 Å². The van der Waals surface area contributed by atoms with Crippen LogP contribution in [0.3, 0.4) is 0 Å². The van der Waals surface area contributed by atoms with Gasteiger partial charge in [-0.1, -0.05) is 42.5 Å². The molecule has 8 heteroatoms. The van der Waals surface area contributed by atoms with E-state index in [1.54, 1.807) is 0 Å². The van der Waals surface area contributed by atoms with Crippen molar-refractivity contribution in [2.24, 2.45) is 0 Å². The summed E-state index contributed by atoms with van der Waals surface area (Å²) in [7, 11) is -4.48. The number of benzene rings is 3. The Hall–Kier alpha value is -3.39. The summed E-state index contributed by atoms with van der Waals surface area (Å²) in [4.78, 5) is 6.45. The van der Waals surface area contributed by atoms with E-state index in [0.29, 0.717) is 0 Å². The number of rotatable bonds is 5. The lowest BCUT2D eigenvalue weighted by atomic mass is 9.83. The molecule has 0 spiro atoms. The first-order valence-corrected chi connectivity index (χ1v) is 10.4. The molecule has 0 saturated carbocycles. The molecular weight excluding hydrogens is 413 g/mol. The zero-order valence-electron chi connectivity index (χ0n) is 15.4. The van der Waals surface area contributed by atoms with Crippen LogP contribution >= 0.6 is 0 Å². The van der Waals surface area contributed by atoms with Crippen LogP contribution in [0, 0.1) is 17.5 Å². The summed E-state index contributed by atoms with van der Waals surface area (Å²) in [6.07, 6.45) is 2.59. The Balaban J connectivity index is 2.21. The van der Waals surface area contributed by atoms with Crippen molar-refractivity contribution >= 4 is 9.84 Å². The van der Waals surface area contributed by atoms with E-state index >= 15 is 4.39 Å². The minimum Gasteiger partial charge on any atom is -0.335 e. The van der Waals surface area contributed by atoms with Gasteiger partial charge in [0.25, 0.3) is 0 Å². The smallest absolute Gasteiger partial charge is 0.229 e. The minimum atomic E-state index is -4.48. The van der Waals surface area contributed by atoms with E-state index in [9.17, 15) is 17.2 Å². The largest absolute Gasteiger partial charge is 0.335 e. The molecule has 0 unspecified atom stereocenters. The van der Waals surface area contributed by atoms with Crippen LogP contribution in [0.5, 0.6) is 0 Å². The summed E-state index contributed by atoms with van der Waals surface area (Å²) >= 11 is 0. The third kappa shape index (κ3) is 3.00. The molecule has 4 nitrogen and oxygen atoms in total. The predicted octanol–water partition coefficient (Wildman–Crippen LogP) is 4.59. The van der Waals surface area contributed by atoms with E-state index < -0.39 is 37.2 Å². The van der Waals surface area contributed by atoms with Gasteiger partial charge < -0.3 is 4.98 Å². The van der Waals surface area contributed by atoms with Crippen molar-refractivity contribution in [2.75, 3.05) is 0 Å². The zero-order chi connectivity index (χ0) is 21.4. The van der Waals surface area contributed by atoms with E-state index in [0.717, 1.165) is 30.3 Å². The first-order valence-electron chi connectivity index (χ1n) is 8.88. The number of halogens is 3. The molecule has 0 bridgehead atoms. The molecule has 0 aliphatic rings. The van der Waals surface area contributed by atoms with Crippen molar-refractivity contribution in [3.8, 4) is 0 Å². The van der Waals surface area contributed by atoms with Crippen molar-refractivity contribution in [3.63, 3.8) is 0 Å². The Bertz CT molecular complexity index is 1230. The Morgan fingerprint density at radius 2 is 1.30 bits per heavy atom. The lowest BCUT2D eigenvalue weighted by molar-refractivity contribution is 0.547. The molecule has 0 radical (unpaired) electrons. The highest BCUT2D eigenvalue weighted by molar-refractivity contribution is 7.92. The van der Waals surface area contributed by atoms with Gasteiger partial charge in [0.1, 0.15) is 17.5 Å². The predicted molar refractivity (Wildman–Crippen MR) is 105 cm³/mol. The van der Waals surface area contributed by atoms with Crippen LogP contribution < -0.4 is 0 Å². The molecule has 0 saturated heterocycles. The summed E-state index contributed by atoms with van der Waals surface area (Å²) in [6.45, 7) is 0. The van der Waals surface area contributed by atoms with Crippen molar-refractivity contribution in [2.45, 2.75) is 9.90 Å². The first-order chi connectivity index (χ1) is 14.4. The van der Waals surface area contributed by atoms with E-state index in [2.05, 4.69) is 9.97 Å². The number of hydrogen-bond donors (Lipinski definition) is 1. The molecule has 30 heavy (non-hydrogen) atoms. The SMILES string of the molecule is O=S(=O)(c1ncc[nH]1)C(c1ccc(F)cc1)(c1ccc(F)cc1)c1ccccc1F. The number of nitrogens with zero attached hydrogens (tertiary/aromatic N) is 1.